The molecule has 2 rings (SSSR count). The average Bonchev–Trinajstić information content (AvgIpc) is 2.76. The molecule has 0 saturated carbocycles. The molecule has 8 heteroatoms. The molecular formula is C10H9N5O2S. The van der Waals surface area contributed by atoms with Gasteiger partial charge in [0.25, 0.3) is 5.69 Å². The topological polar surface area (TPSA) is 120 Å². The fourth-order valence-corrected chi connectivity index (χ4v) is 2.03. The lowest BCUT2D eigenvalue weighted by molar-refractivity contribution is -0.384. The molecule has 0 radical (unpaired) electrons. The van der Waals surface area contributed by atoms with Crippen LogP contribution >= 0.6 is 11.3 Å². The summed E-state index contributed by atoms with van der Waals surface area (Å²) in [6.07, 6.45) is 0. The first kappa shape index (κ1) is 12.0. The lowest BCUT2D eigenvalue weighted by atomic mass is 10.1. The van der Waals surface area contributed by atoms with Gasteiger partial charge in [0.1, 0.15) is 0 Å². The van der Waals surface area contributed by atoms with E-state index in [0.29, 0.717) is 10.8 Å². The largest absolute Gasteiger partial charge is 0.370 e. The van der Waals surface area contributed by atoms with E-state index in [2.05, 4.69) is 9.98 Å². The van der Waals surface area contributed by atoms with E-state index < -0.39 is 4.92 Å². The molecule has 18 heavy (non-hydrogen) atoms. The summed E-state index contributed by atoms with van der Waals surface area (Å²) in [5, 5.41) is 12.7. The van der Waals surface area contributed by atoms with Gasteiger partial charge in [-0.1, -0.05) is 0 Å². The number of benzene rings is 1. The predicted octanol–water partition coefficient (Wildman–Crippen LogP) is 1.62. The molecule has 0 amide bonds. The Kier molecular flexibility index (Phi) is 3.20. The Hall–Kier alpha value is -2.48. The van der Waals surface area contributed by atoms with E-state index in [1.807, 2.05) is 0 Å². The molecule has 0 aliphatic heterocycles. The molecule has 4 N–H and O–H groups in total. The van der Waals surface area contributed by atoms with Crippen LogP contribution in [0.3, 0.4) is 0 Å². The van der Waals surface area contributed by atoms with Crippen molar-refractivity contribution in [3.63, 3.8) is 0 Å². The molecule has 7 nitrogen and oxygen atoms in total. The Morgan fingerprint density at radius 3 is 2.56 bits per heavy atom. The first-order valence-electron chi connectivity index (χ1n) is 4.86. The molecule has 0 spiro atoms. The molecular weight excluding hydrogens is 254 g/mol. The van der Waals surface area contributed by atoms with Crippen molar-refractivity contribution >= 4 is 28.1 Å². The Balaban J connectivity index is 2.29. The van der Waals surface area contributed by atoms with E-state index in [4.69, 9.17) is 11.5 Å². The Morgan fingerprint density at radius 2 is 2.00 bits per heavy atom. The molecule has 0 atom stereocenters. The first-order chi connectivity index (χ1) is 8.56. The van der Waals surface area contributed by atoms with Crippen LogP contribution in [0.4, 0.5) is 10.8 Å². The van der Waals surface area contributed by atoms with Crippen molar-refractivity contribution in [1.82, 2.24) is 4.98 Å². The summed E-state index contributed by atoms with van der Waals surface area (Å²) in [4.78, 5) is 18.1. The van der Waals surface area contributed by atoms with E-state index in [-0.39, 0.29) is 11.6 Å². The van der Waals surface area contributed by atoms with Crippen molar-refractivity contribution < 1.29 is 4.92 Å². The van der Waals surface area contributed by atoms with Gasteiger partial charge in [-0.3, -0.25) is 10.1 Å². The number of nitrogens with two attached hydrogens (primary N) is 2. The van der Waals surface area contributed by atoms with Gasteiger partial charge in [-0.25, -0.2) is 4.98 Å². The van der Waals surface area contributed by atoms with Crippen LogP contribution in [-0.4, -0.2) is 15.9 Å². The molecule has 2 aromatic rings. The number of non-ortho nitro benzene ring substituents is 1. The second kappa shape index (κ2) is 4.80. The minimum Gasteiger partial charge on any atom is -0.370 e. The fraction of sp³-hybridized carbons (Fsp3) is 0. The highest BCUT2D eigenvalue weighted by molar-refractivity contribution is 7.13. The minimum absolute atomic E-state index is 0.0402. The summed E-state index contributed by atoms with van der Waals surface area (Å²) in [5.74, 6) is -0.0559. The minimum atomic E-state index is -0.449. The number of nitrogens with zero attached hydrogens (tertiary/aromatic N) is 3. The average molecular weight is 263 g/mol. The van der Waals surface area contributed by atoms with Crippen molar-refractivity contribution in [3.8, 4) is 11.3 Å². The third kappa shape index (κ3) is 2.61. The molecule has 1 aromatic carbocycles. The number of hydrogen-bond donors (Lipinski definition) is 2. The number of thiazole rings is 1. The number of aliphatic imine (C=N–C) groups is 1. The first-order valence-corrected chi connectivity index (χ1v) is 5.74. The van der Waals surface area contributed by atoms with E-state index in [1.165, 1.54) is 23.5 Å². The monoisotopic (exact) mass is 263 g/mol. The molecule has 1 heterocycles. The molecule has 0 aliphatic carbocycles. The van der Waals surface area contributed by atoms with Crippen LogP contribution in [0, 0.1) is 10.1 Å². The highest BCUT2D eigenvalue weighted by atomic mass is 32.1. The standard InChI is InChI=1S/C10H9N5O2S/c11-9(12)14-10-13-8(5-18-10)6-1-3-7(4-2-6)15(16)17/h1-5H,(H4,11,12,13,14). The number of guanidine groups is 1. The highest BCUT2D eigenvalue weighted by Gasteiger charge is 2.07. The number of rotatable bonds is 3. The summed E-state index contributed by atoms with van der Waals surface area (Å²) >= 11 is 1.29. The van der Waals surface area contributed by atoms with Gasteiger partial charge < -0.3 is 11.5 Å². The lowest BCUT2D eigenvalue weighted by Gasteiger charge is -1.95. The zero-order chi connectivity index (χ0) is 13.1. The van der Waals surface area contributed by atoms with Crippen molar-refractivity contribution in [2.24, 2.45) is 16.5 Å². The van der Waals surface area contributed by atoms with E-state index >= 15 is 0 Å². The van der Waals surface area contributed by atoms with Gasteiger partial charge >= 0.3 is 0 Å². The number of nitro benzene ring substituents is 1. The Bertz CT molecular complexity index is 601. The van der Waals surface area contributed by atoms with Gasteiger partial charge in [-0.2, -0.15) is 4.99 Å². The molecule has 0 aliphatic rings. The number of hydrogen-bond acceptors (Lipinski definition) is 5. The molecule has 1 aromatic heterocycles. The maximum atomic E-state index is 10.5. The summed E-state index contributed by atoms with van der Waals surface area (Å²) in [7, 11) is 0. The third-order valence-corrected chi connectivity index (χ3v) is 2.83. The third-order valence-electron chi connectivity index (χ3n) is 2.09. The fourth-order valence-electron chi connectivity index (χ4n) is 1.31. The molecule has 0 unspecified atom stereocenters. The summed E-state index contributed by atoms with van der Waals surface area (Å²) in [6.45, 7) is 0. The van der Waals surface area contributed by atoms with Crippen LogP contribution in [-0.2, 0) is 0 Å². The van der Waals surface area contributed by atoms with Crippen molar-refractivity contribution in [2.45, 2.75) is 0 Å². The summed E-state index contributed by atoms with van der Waals surface area (Å²) < 4.78 is 0. The second-order valence-electron chi connectivity index (χ2n) is 3.36. The van der Waals surface area contributed by atoms with Gasteiger partial charge in [0.05, 0.1) is 10.6 Å². The summed E-state index contributed by atoms with van der Waals surface area (Å²) in [6, 6.07) is 6.11. The van der Waals surface area contributed by atoms with Crippen molar-refractivity contribution in [2.75, 3.05) is 0 Å². The summed E-state index contributed by atoms with van der Waals surface area (Å²) in [5.41, 5.74) is 12.0. The molecule has 0 fully saturated rings. The molecule has 0 bridgehead atoms. The lowest BCUT2D eigenvalue weighted by Crippen LogP contribution is -2.21. The van der Waals surface area contributed by atoms with Gasteiger partial charge in [-0.05, 0) is 12.1 Å². The normalized spacial score (nSPS) is 10.0. The smallest absolute Gasteiger partial charge is 0.269 e. The maximum absolute atomic E-state index is 10.5. The number of aromatic nitrogens is 1. The zero-order valence-electron chi connectivity index (χ0n) is 9.11. The van der Waals surface area contributed by atoms with Gasteiger partial charge in [0.15, 0.2) is 5.96 Å². The van der Waals surface area contributed by atoms with Gasteiger partial charge in [0.2, 0.25) is 5.13 Å². The van der Waals surface area contributed by atoms with Crippen LogP contribution in [0.5, 0.6) is 0 Å². The van der Waals surface area contributed by atoms with Crippen molar-refractivity contribution in [3.05, 3.63) is 39.8 Å². The van der Waals surface area contributed by atoms with Crippen LogP contribution < -0.4 is 11.5 Å². The van der Waals surface area contributed by atoms with Crippen LogP contribution in [0.2, 0.25) is 0 Å². The Labute approximate surface area is 106 Å². The predicted molar refractivity (Wildman–Crippen MR) is 69.7 cm³/mol. The van der Waals surface area contributed by atoms with Crippen LogP contribution in [0.25, 0.3) is 11.3 Å². The van der Waals surface area contributed by atoms with Gasteiger partial charge in [-0.15, -0.1) is 11.3 Å². The second-order valence-corrected chi connectivity index (χ2v) is 4.19. The van der Waals surface area contributed by atoms with E-state index in [0.717, 1.165) is 5.56 Å². The Morgan fingerprint density at radius 1 is 1.33 bits per heavy atom. The SMILES string of the molecule is NC(N)=Nc1nc(-c2ccc([N+](=O)[O-])cc2)cs1. The van der Waals surface area contributed by atoms with E-state index in [1.54, 1.807) is 17.5 Å². The van der Waals surface area contributed by atoms with Crippen LogP contribution in [0.1, 0.15) is 0 Å². The number of nitro groups is 1. The highest BCUT2D eigenvalue weighted by Crippen LogP contribution is 2.27. The van der Waals surface area contributed by atoms with Crippen molar-refractivity contribution in [1.29, 1.82) is 0 Å². The maximum Gasteiger partial charge on any atom is 0.269 e. The molecule has 92 valence electrons. The van der Waals surface area contributed by atoms with Gasteiger partial charge in [0, 0.05) is 23.1 Å². The van der Waals surface area contributed by atoms with Crippen LogP contribution in [0.15, 0.2) is 34.6 Å². The van der Waals surface area contributed by atoms with E-state index in [9.17, 15) is 10.1 Å². The quantitative estimate of drug-likeness (QED) is 0.377. The molecule has 0 saturated heterocycles. The zero-order valence-corrected chi connectivity index (χ0v) is 9.92.